The summed E-state index contributed by atoms with van der Waals surface area (Å²) in [6, 6.07) is 15.2. The lowest BCUT2D eigenvalue weighted by molar-refractivity contribution is 0.178. The third-order valence-electron chi connectivity index (χ3n) is 2.84. The van der Waals surface area contributed by atoms with Crippen LogP contribution in [0.15, 0.2) is 48.5 Å². The van der Waals surface area contributed by atoms with Gasteiger partial charge in [0.15, 0.2) is 0 Å². The lowest BCUT2D eigenvalue weighted by atomic mass is 10.0. The van der Waals surface area contributed by atoms with E-state index < -0.39 is 6.10 Å². The molecule has 0 aliphatic carbocycles. The molecule has 0 aliphatic rings. The third kappa shape index (κ3) is 3.03. The number of aliphatic hydroxyl groups excluding tert-OH is 1. The van der Waals surface area contributed by atoms with Crippen molar-refractivity contribution in [3.8, 4) is 5.75 Å². The van der Waals surface area contributed by atoms with E-state index in [9.17, 15) is 5.11 Å². The summed E-state index contributed by atoms with van der Waals surface area (Å²) in [5.74, 6) is 0.690. The lowest BCUT2D eigenvalue weighted by Gasteiger charge is -2.13. The number of rotatable bonds is 4. The van der Waals surface area contributed by atoms with Crippen LogP contribution in [-0.2, 0) is 6.42 Å². The summed E-state index contributed by atoms with van der Waals surface area (Å²) in [4.78, 5) is 0. The van der Waals surface area contributed by atoms with Gasteiger partial charge in [-0.25, -0.2) is 0 Å². The molecule has 0 aromatic heterocycles. The van der Waals surface area contributed by atoms with Gasteiger partial charge in [-0.1, -0.05) is 48.0 Å². The first kappa shape index (κ1) is 12.9. The van der Waals surface area contributed by atoms with Gasteiger partial charge >= 0.3 is 0 Å². The van der Waals surface area contributed by atoms with Crippen LogP contribution in [-0.4, -0.2) is 12.2 Å². The molecule has 2 aromatic carbocycles. The van der Waals surface area contributed by atoms with Crippen LogP contribution in [0.2, 0.25) is 5.02 Å². The van der Waals surface area contributed by atoms with Crippen molar-refractivity contribution in [3.05, 3.63) is 64.7 Å². The molecule has 0 fully saturated rings. The molecule has 2 nitrogen and oxygen atoms in total. The second kappa shape index (κ2) is 5.89. The first-order valence-corrected chi connectivity index (χ1v) is 6.14. The van der Waals surface area contributed by atoms with E-state index in [-0.39, 0.29) is 0 Å². The van der Waals surface area contributed by atoms with E-state index in [0.29, 0.717) is 17.2 Å². The molecule has 2 aromatic rings. The third-order valence-corrected chi connectivity index (χ3v) is 3.17. The molecule has 3 heteroatoms. The highest BCUT2D eigenvalue weighted by atomic mass is 35.5. The van der Waals surface area contributed by atoms with Crippen LogP contribution in [0, 0.1) is 0 Å². The maximum Gasteiger partial charge on any atom is 0.120 e. The number of aliphatic hydroxyl groups is 1. The zero-order valence-electron chi connectivity index (χ0n) is 10.1. The maximum atomic E-state index is 10.2. The number of hydrogen-bond acceptors (Lipinski definition) is 2. The minimum Gasteiger partial charge on any atom is -0.497 e. The van der Waals surface area contributed by atoms with Gasteiger partial charge in [0.25, 0.3) is 0 Å². The van der Waals surface area contributed by atoms with Crippen molar-refractivity contribution in [1.82, 2.24) is 0 Å². The van der Waals surface area contributed by atoms with E-state index >= 15 is 0 Å². The summed E-state index contributed by atoms with van der Waals surface area (Å²) in [5, 5.41) is 10.7. The molecule has 94 valence electrons. The largest absolute Gasteiger partial charge is 0.497 e. The number of halogens is 1. The summed E-state index contributed by atoms with van der Waals surface area (Å²) < 4.78 is 5.08. The number of ether oxygens (including phenoxy) is 1. The molecular formula is C15H15ClO2. The number of methoxy groups -OCH3 is 1. The molecule has 0 saturated carbocycles. The molecule has 1 unspecified atom stereocenters. The zero-order valence-corrected chi connectivity index (χ0v) is 10.9. The highest BCUT2D eigenvalue weighted by Gasteiger charge is 2.12. The van der Waals surface area contributed by atoms with Crippen LogP contribution in [0.1, 0.15) is 17.2 Å². The van der Waals surface area contributed by atoms with Crippen molar-refractivity contribution in [2.24, 2.45) is 0 Å². The quantitative estimate of drug-likeness (QED) is 0.912. The molecule has 2 rings (SSSR count). The fourth-order valence-electron chi connectivity index (χ4n) is 1.85. The van der Waals surface area contributed by atoms with Gasteiger partial charge in [-0.3, -0.25) is 0 Å². The molecule has 0 radical (unpaired) electrons. The molecule has 0 aliphatic heterocycles. The molecule has 0 saturated heterocycles. The molecule has 1 N–H and O–H groups in total. The van der Waals surface area contributed by atoms with Gasteiger partial charge in [-0.2, -0.15) is 0 Å². The van der Waals surface area contributed by atoms with E-state index in [0.717, 1.165) is 11.1 Å². The second-order valence-electron chi connectivity index (χ2n) is 4.09. The van der Waals surface area contributed by atoms with Crippen molar-refractivity contribution in [1.29, 1.82) is 0 Å². The SMILES string of the molecule is COc1ccc(C(O)Cc2ccccc2)c(Cl)c1. The van der Waals surface area contributed by atoms with Crippen LogP contribution in [0.4, 0.5) is 0 Å². The Morgan fingerprint density at radius 3 is 2.50 bits per heavy atom. The Kier molecular flexibility index (Phi) is 4.24. The van der Waals surface area contributed by atoms with Crippen molar-refractivity contribution in [3.63, 3.8) is 0 Å². The topological polar surface area (TPSA) is 29.5 Å². The molecule has 0 bridgehead atoms. The summed E-state index contributed by atoms with van der Waals surface area (Å²) >= 11 is 6.13. The van der Waals surface area contributed by atoms with Gasteiger partial charge in [0.2, 0.25) is 0 Å². The smallest absolute Gasteiger partial charge is 0.120 e. The maximum absolute atomic E-state index is 10.2. The van der Waals surface area contributed by atoms with Crippen molar-refractivity contribution in [2.45, 2.75) is 12.5 Å². The van der Waals surface area contributed by atoms with Crippen molar-refractivity contribution >= 4 is 11.6 Å². The van der Waals surface area contributed by atoms with Crippen LogP contribution in [0.25, 0.3) is 0 Å². The number of hydrogen-bond donors (Lipinski definition) is 1. The Balaban J connectivity index is 2.16. The first-order valence-electron chi connectivity index (χ1n) is 5.76. The average molecular weight is 263 g/mol. The summed E-state index contributed by atoms with van der Waals surface area (Å²) in [5.41, 5.74) is 1.80. The fraction of sp³-hybridized carbons (Fsp3) is 0.200. The van der Waals surface area contributed by atoms with Crippen LogP contribution in [0.3, 0.4) is 0 Å². The molecule has 0 heterocycles. The average Bonchev–Trinajstić information content (AvgIpc) is 2.39. The predicted molar refractivity (Wildman–Crippen MR) is 73.1 cm³/mol. The first-order chi connectivity index (χ1) is 8.70. The standard InChI is InChI=1S/C15H15ClO2/c1-18-12-7-8-13(14(16)10-12)15(17)9-11-5-3-2-4-6-11/h2-8,10,15,17H,9H2,1H3. The lowest BCUT2D eigenvalue weighted by Crippen LogP contribution is -2.02. The Hall–Kier alpha value is -1.51. The highest BCUT2D eigenvalue weighted by Crippen LogP contribution is 2.29. The highest BCUT2D eigenvalue weighted by molar-refractivity contribution is 6.31. The van der Waals surface area contributed by atoms with Crippen molar-refractivity contribution in [2.75, 3.05) is 7.11 Å². The Morgan fingerprint density at radius 2 is 1.89 bits per heavy atom. The van der Waals surface area contributed by atoms with Gasteiger partial charge < -0.3 is 9.84 Å². The van der Waals surface area contributed by atoms with Crippen LogP contribution >= 0.6 is 11.6 Å². The van der Waals surface area contributed by atoms with E-state index in [2.05, 4.69) is 0 Å². The van der Waals surface area contributed by atoms with Gasteiger partial charge in [0.1, 0.15) is 5.75 Å². The van der Waals surface area contributed by atoms with Gasteiger partial charge in [-0.15, -0.1) is 0 Å². The van der Waals surface area contributed by atoms with Crippen molar-refractivity contribution < 1.29 is 9.84 Å². The van der Waals surface area contributed by atoms with Gasteiger partial charge in [0.05, 0.1) is 18.2 Å². The molecular weight excluding hydrogens is 248 g/mol. The Labute approximate surface area is 112 Å². The predicted octanol–water partition coefficient (Wildman–Crippen LogP) is 3.62. The van der Waals surface area contributed by atoms with Crippen LogP contribution in [0.5, 0.6) is 5.75 Å². The zero-order chi connectivity index (χ0) is 13.0. The minimum atomic E-state index is -0.606. The molecule has 1 atom stereocenters. The minimum absolute atomic E-state index is 0.526. The Morgan fingerprint density at radius 1 is 1.17 bits per heavy atom. The van der Waals surface area contributed by atoms with E-state index in [1.165, 1.54) is 0 Å². The normalized spacial score (nSPS) is 12.2. The van der Waals surface area contributed by atoms with E-state index in [4.69, 9.17) is 16.3 Å². The second-order valence-corrected chi connectivity index (χ2v) is 4.50. The Bertz CT molecular complexity index is 511. The van der Waals surface area contributed by atoms with E-state index in [1.54, 1.807) is 25.3 Å². The fourth-order valence-corrected chi connectivity index (χ4v) is 2.15. The van der Waals surface area contributed by atoms with Gasteiger partial charge in [0, 0.05) is 6.42 Å². The molecule has 0 amide bonds. The monoisotopic (exact) mass is 262 g/mol. The number of benzene rings is 2. The summed E-state index contributed by atoms with van der Waals surface area (Å²) in [6.45, 7) is 0. The molecule has 18 heavy (non-hydrogen) atoms. The van der Waals surface area contributed by atoms with Crippen LogP contribution < -0.4 is 4.74 Å². The summed E-state index contributed by atoms with van der Waals surface area (Å²) in [6.07, 6.45) is -0.0572. The summed E-state index contributed by atoms with van der Waals surface area (Å²) in [7, 11) is 1.59. The van der Waals surface area contributed by atoms with Gasteiger partial charge in [-0.05, 0) is 23.3 Å². The molecule has 0 spiro atoms. The van der Waals surface area contributed by atoms with E-state index in [1.807, 2.05) is 30.3 Å².